The van der Waals surface area contributed by atoms with E-state index in [1.165, 1.54) is 50.7 Å². The minimum Gasteiger partial charge on any atom is -0.488 e. The predicted molar refractivity (Wildman–Crippen MR) is 105 cm³/mol. The summed E-state index contributed by atoms with van der Waals surface area (Å²) in [6, 6.07) is 3.01. The lowest BCUT2D eigenvalue weighted by atomic mass is 9.77. The van der Waals surface area contributed by atoms with Gasteiger partial charge < -0.3 is 4.74 Å². The van der Waals surface area contributed by atoms with Gasteiger partial charge in [0.15, 0.2) is 17.4 Å². The molecule has 0 N–H and O–H groups in total. The molecule has 1 aliphatic carbocycles. The first-order valence-corrected chi connectivity index (χ1v) is 10.8. The molecule has 26 heavy (non-hydrogen) atoms. The number of benzene rings is 1. The molecule has 1 aliphatic rings. The first-order chi connectivity index (χ1) is 12.7. The van der Waals surface area contributed by atoms with Gasteiger partial charge in [-0.2, -0.15) is 0 Å². The van der Waals surface area contributed by atoms with Gasteiger partial charge in [0.25, 0.3) is 0 Å². The van der Waals surface area contributed by atoms with E-state index in [2.05, 4.69) is 13.8 Å². The van der Waals surface area contributed by atoms with E-state index in [1.807, 2.05) is 0 Å². The monoisotopic (exact) mass is 366 g/mol. The van der Waals surface area contributed by atoms with Crippen molar-refractivity contribution in [2.45, 2.75) is 96.8 Å². The van der Waals surface area contributed by atoms with Crippen LogP contribution in [0, 0.1) is 17.6 Å². The summed E-state index contributed by atoms with van der Waals surface area (Å²) in [6.45, 7) is 4.76. The Morgan fingerprint density at radius 2 is 1.46 bits per heavy atom. The molecular weight excluding hydrogens is 330 g/mol. The third kappa shape index (κ3) is 6.55. The fraction of sp³-hybridized carbons (Fsp3) is 0.739. The van der Waals surface area contributed by atoms with Crippen molar-refractivity contribution in [3.8, 4) is 5.75 Å². The Labute approximate surface area is 158 Å². The minimum atomic E-state index is -0.541. The number of halogens is 2. The van der Waals surface area contributed by atoms with Crippen molar-refractivity contribution < 1.29 is 13.5 Å². The SMILES string of the molecule is CCCCCCOc1c(F)cc(C2CCC(CCCCC)CC2)cc1F. The third-order valence-corrected chi connectivity index (χ3v) is 5.80. The summed E-state index contributed by atoms with van der Waals surface area (Å²) in [6.07, 6.45) is 13.8. The van der Waals surface area contributed by atoms with Crippen LogP contribution in [0.3, 0.4) is 0 Å². The van der Waals surface area contributed by atoms with Gasteiger partial charge in [-0.05, 0) is 61.6 Å². The van der Waals surface area contributed by atoms with Crippen molar-refractivity contribution >= 4 is 0 Å². The van der Waals surface area contributed by atoms with E-state index in [0.717, 1.165) is 50.0 Å². The van der Waals surface area contributed by atoms with Crippen LogP contribution in [0.4, 0.5) is 8.78 Å². The number of ether oxygens (including phenoxy) is 1. The van der Waals surface area contributed by atoms with Gasteiger partial charge >= 0.3 is 0 Å². The van der Waals surface area contributed by atoms with Crippen LogP contribution in [0.25, 0.3) is 0 Å². The van der Waals surface area contributed by atoms with Crippen LogP contribution in [0.5, 0.6) is 5.75 Å². The van der Waals surface area contributed by atoms with Crippen LogP contribution in [-0.4, -0.2) is 6.61 Å². The molecule has 1 aromatic carbocycles. The summed E-state index contributed by atoms with van der Waals surface area (Å²) < 4.78 is 34.1. The van der Waals surface area contributed by atoms with Gasteiger partial charge in [0, 0.05) is 0 Å². The maximum atomic E-state index is 14.4. The molecular formula is C23H36F2O. The van der Waals surface area contributed by atoms with Crippen molar-refractivity contribution in [1.82, 2.24) is 0 Å². The van der Waals surface area contributed by atoms with Gasteiger partial charge in [-0.1, -0.05) is 58.8 Å². The van der Waals surface area contributed by atoms with Crippen LogP contribution in [0.15, 0.2) is 12.1 Å². The lowest BCUT2D eigenvalue weighted by Crippen LogP contribution is -2.14. The first-order valence-electron chi connectivity index (χ1n) is 10.8. The second kappa shape index (κ2) is 11.6. The maximum absolute atomic E-state index is 14.4. The molecule has 1 saturated carbocycles. The van der Waals surface area contributed by atoms with E-state index in [1.54, 1.807) is 0 Å². The minimum absolute atomic E-state index is 0.196. The van der Waals surface area contributed by atoms with E-state index < -0.39 is 11.6 Å². The molecule has 0 aliphatic heterocycles. The van der Waals surface area contributed by atoms with Gasteiger partial charge in [-0.25, -0.2) is 8.78 Å². The summed E-state index contributed by atoms with van der Waals surface area (Å²) in [5, 5.41) is 0. The first kappa shape index (κ1) is 21.2. The third-order valence-electron chi connectivity index (χ3n) is 5.80. The summed E-state index contributed by atoms with van der Waals surface area (Å²) in [7, 11) is 0. The second-order valence-electron chi connectivity index (χ2n) is 7.94. The second-order valence-corrected chi connectivity index (χ2v) is 7.94. The topological polar surface area (TPSA) is 9.23 Å². The molecule has 0 spiro atoms. The highest BCUT2D eigenvalue weighted by molar-refractivity contribution is 5.33. The molecule has 3 heteroatoms. The Bertz CT molecular complexity index is 498. The largest absolute Gasteiger partial charge is 0.488 e. The molecule has 1 nitrogen and oxygen atoms in total. The van der Waals surface area contributed by atoms with Crippen molar-refractivity contribution in [3.63, 3.8) is 0 Å². The Balaban J connectivity index is 1.85. The highest BCUT2D eigenvalue weighted by atomic mass is 19.1. The summed E-state index contributed by atoms with van der Waals surface area (Å²) in [5.74, 6) is -0.183. The van der Waals surface area contributed by atoms with Gasteiger partial charge in [0.05, 0.1) is 6.61 Å². The molecule has 1 aromatic rings. The molecule has 0 aromatic heterocycles. The number of hydrogen-bond donors (Lipinski definition) is 0. The average molecular weight is 367 g/mol. The van der Waals surface area contributed by atoms with Crippen LogP contribution < -0.4 is 4.74 Å². The maximum Gasteiger partial charge on any atom is 0.190 e. The fourth-order valence-corrected chi connectivity index (χ4v) is 4.12. The summed E-state index contributed by atoms with van der Waals surface area (Å²) in [4.78, 5) is 0. The van der Waals surface area contributed by atoms with Crippen LogP contribution >= 0.6 is 0 Å². The number of rotatable bonds is 11. The molecule has 2 rings (SSSR count). The Morgan fingerprint density at radius 1 is 0.846 bits per heavy atom. The summed E-state index contributed by atoms with van der Waals surface area (Å²) in [5.41, 5.74) is 0.811. The van der Waals surface area contributed by atoms with Crippen LogP contribution in [0.1, 0.15) is 102 Å². The Morgan fingerprint density at radius 3 is 2.08 bits per heavy atom. The van der Waals surface area contributed by atoms with E-state index in [9.17, 15) is 8.78 Å². The normalized spacial score (nSPS) is 20.3. The smallest absolute Gasteiger partial charge is 0.190 e. The zero-order valence-corrected chi connectivity index (χ0v) is 16.7. The highest BCUT2D eigenvalue weighted by Crippen LogP contribution is 2.39. The zero-order valence-electron chi connectivity index (χ0n) is 16.7. The van der Waals surface area contributed by atoms with E-state index in [4.69, 9.17) is 4.74 Å². The lowest BCUT2D eigenvalue weighted by Gasteiger charge is -2.29. The molecule has 0 unspecified atom stereocenters. The molecule has 0 atom stereocenters. The molecule has 0 radical (unpaired) electrons. The van der Waals surface area contributed by atoms with E-state index >= 15 is 0 Å². The van der Waals surface area contributed by atoms with Gasteiger partial charge in [0.2, 0.25) is 0 Å². The van der Waals surface area contributed by atoms with Gasteiger partial charge in [-0.3, -0.25) is 0 Å². The zero-order chi connectivity index (χ0) is 18.8. The van der Waals surface area contributed by atoms with E-state index in [0.29, 0.717) is 12.5 Å². The lowest BCUT2D eigenvalue weighted by molar-refractivity contribution is 0.273. The molecule has 0 saturated heterocycles. The molecule has 0 heterocycles. The average Bonchev–Trinajstić information content (AvgIpc) is 2.64. The standard InChI is InChI=1S/C23H36F2O/c1-3-5-7-9-15-26-23-21(24)16-20(17-22(23)25)19-13-11-18(12-14-19)10-8-6-4-2/h16-19H,3-15H2,1-2H3. The van der Waals surface area contributed by atoms with Crippen LogP contribution in [0.2, 0.25) is 0 Å². The Kier molecular flexibility index (Phi) is 9.42. The number of hydrogen-bond acceptors (Lipinski definition) is 1. The van der Waals surface area contributed by atoms with Crippen molar-refractivity contribution in [3.05, 3.63) is 29.3 Å². The number of unbranched alkanes of at least 4 members (excludes halogenated alkanes) is 5. The molecule has 1 fully saturated rings. The van der Waals surface area contributed by atoms with Gasteiger partial charge in [0.1, 0.15) is 0 Å². The Hall–Kier alpha value is -1.12. The molecule has 148 valence electrons. The predicted octanol–water partition coefficient (Wildman–Crippen LogP) is 7.78. The molecule has 0 amide bonds. The highest BCUT2D eigenvalue weighted by Gasteiger charge is 2.24. The van der Waals surface area contributed by atoms with Crippen molar-refractivity contribution in [2.24, 2.45) is 5.92 Å². The van der Waals surface area contributed by atoms with Crippen molar-refractivity contribution in [2.75, 3.05) is 6.61 Å². The van der Waals surface area contributed by atoms with E-state index in [-0.39, 0.29) is 5.75 Å². The van der Waals surface area contributed by atoms with Gasteiger partial charge in [-0.15, -0.1) is 0 Å². The van der Waals surface area contributed by atoms with Crippen molar-refractivity contribution in [1.29, 1.82) is 0 Å². The fourth-order valence-electron chi connectivity index (χ4n) is 4.12. The summed E-state index contributed by atoms with van der Waals surface area (Å²) >= 11 is 0. The van der Waals surface area contributed by atoms with Crippen LogP contribution in [-0.2, 0) is 0 Å². The molecule has 0 bridgehead atoms. The quantitative estimate of drug-likeness (QED) is 0.363.